The molecule has 6 nitrogen and oxygen atoms in total. The topological polar surface area (TPSA) is 67.9 Å². The van der Waals surface area contributed by atoms with Gasteiger partial charge in [-0.05, 0) is 80.9 Å². The van der Waals surface area contributed by atoms with Gasteiger partial charge in [-0.2, -0.15) is 0 Å². The van der Waals surface area contributed by atoms with Crippen LogP contribution >= 0.6 is 0 Å². The molecule has 7 rings (SSSR count). The smallest absolute Gasteiger partial charge is 0.410 e. The van der Waals surface area contributed by atoms with E-state index in [0.29, 0.717) is 18.5 Å². The molecule has 4 aliphatic carbocycles. The molecule has 0 radical (unpaired) electrons. The summed E-state index contributed by atoms with van der Waals surface area (Å²) in [4.78, 5) is 26.2. The van der Waals surface area contributed by atoms with E-state index in [9.17, 15) is 9.59 Å². The van der Waals surface area contributed by atoms with Gasteiger partial charge in [-0.25, -0.2) is 4.79 Å². The number of carbonyl (C=O) groups is 2. The van der Waals surface area contributed by atoms with Gasteiger partial charge in [0.25, 0.3) is 0 Å². The van der Waals surface area contributed by atoms with Gasteiger partial charge in [0.2, 0.25) is 5.91 Å². The first kappa shape index (κ1) is 18.7. The maximum Gasteiger partial charge on any atom is 0.410 e. The number of benzene rings is 1. The molecule has 1 aromatic carbocycles. The number of carbonyl (C=O) groups excluding carboxylic acids is 2. The fourth-order valence-corrected chi connectivity index (χ4v) is 6.32. The molecule has 0 aromatic heterocycles. The predicted octanol–water partition coefficient (Wildman–Crippen LogP) is 3.73. The standard InChI is InChI=1S/C24H30N2O4/c1-21(2,3)30-20(28)26-9-15(10-26)29-14-22-11-23(12-22,13-22)16-5-4-6-17-18(16)24(7-8-24)19(27)25-17/h4-6,15H,7-14H2,1-3H3,(H,25,27). The number of hydrogen-bond acceptors (Lipinski definition) is 4. The molecule has 2 aliphatic heterocycles. The van der Waals surface area contributed by atoms with Crippen LogP contribution in [-0.4, -0.2) is 48.3 Å². The highest BCUT2D eigenvalue weighted by molar-refractivity contribution is 6.09. The van der Waals surface area contributed by atoms with Gasteiger partial charge in [0.1, 0.15) is 5.60 Å². The lowest BCUT2D eigenvalue weighted by molar-refractivity contribution is -0.201. The van der Waals surface area contributed by atoms with E-state index in [1.165, 1.54) is 11.1 Å². The van der Waals surface area contributed by atoms with Gasteiger partial charge in [0.05, 0.1) is 31.2 Å². The molecule has 2 bridgehead atoms. The number of hydrogen-bond donors (Lipinski definition) is 1. The minimum Gasteiger partial charge on any atom is -0.444 e. The Labute approximate surface area is 177 Å². The summed E-state index contributed by atoms with van der Waals surface area (Å²) in [7, 11) is 0. The molecule has 1 aromatic rings. The van der Waals surface area contributed by atoms with Crippen LogP contribution < -0.4 is 5.32 Å². The molecular formula is C24H30N2O4. The van der Waals surface area contributed by atoms with Crippen molar-refractivity contribution in [3.8, 4) is 0 Å². The summed E-state index contributed by atoms with van der Waals surface area (Å²) < 4.78 is 11.6. The lowest BCUT2D eigenvalue weighted by atomic mass is 9.33. The first-order chi connectivity index (χ1) is 14.1. The summed E-state index contributed by atoms with van der Waals surface area (Å²) in [5.41, 5.74) is 3.62. The second-order valence-electron chi connectivity index (χ2n) is 11.4. The van der Waals surface area contributed by atoms with Gasteiger partial charge in [0, 0.05) is 5.69 Å². The van der Waals surface area contributed by atoms with Crippen molar-refractivity contribution in [2.24, 2.45) is 5.41 Å². The first-order valence-electron chi connectivity index (χ1n) is 11.2. The Morgan fingerprint density at radius 2 is 1.90 bits per heavy atom. The van der Waals surface area contributed by atoms with Gasteiger partial charge in [-0.3, -0.25) is 4.79 Å². The van der Waals surface area contributed by atoms with Gasteiger partial charge >= 0.3 is 6.09 Å². The maximum absolute atomic E-state index is 12.5. The highest BCUT2D eigenvalue weighted by atomic mass is 16.6. The van der Waals surface area contributed by atoms with Crippen molar-refractivity contribution >= 4 is 17.7 Å². The van der Waals surface area contributed by atoms with Crippen molar-refractivity contribution in [3.63, 3.8) is 0 Å². The third kappa shape index (κ3) is 2.52. The van der Waals surface area contributed by atoms with E-state index < -0.39 is 5.60 Å². The average Bonchev–Trinajstić information content (AvgIpc) is 3.28. The van der Waals surface area contributed by atoms with E-state index in [0.717, 1.165) is 44.4 Å². The zero-order chi connectivity index (χ0) is 20.9. The number of fused-ring (bicyclic) bond motifs is 2. The van der Waals surface area contributed by atoms with Crippen LogP contribution in [0.1, 0.15) is 64.0 Å². The third-order valence-electron chi connectivity index (χ3n) is 7.81. The van der Waals surface area contributed by atoms with Crippen molar-refractivity contribution in [1.82, 2.24) is 4.90 Å². The van der Waals surface area contributed by atoms with Crippen molar-refractivity contribution in [2.75, 3.05) is 25.0 Å². The maximum atomic E-state index is 12.5. The molecule has 2 amide bonds. The molecule has 1 spiro atoms. The second-order valence-corrected chi connectivity index (χ2v) is 11.4. The summed E-state index contributed by atoms with van der Waals surface area (Å²) in [5.74, 6) is 0.203. The molecule has 160 valence electrons. The van der Waals surface area contributed by atoms with Crippen LogP contribution in [0.3, 0.4) is 0 Å². The van der Waals surface area contributed by atoms with E-state index in [1.54, 1.807) is 4.90 Å². The Bertz CT molecular complexity index is 933. The summed E-state index contributed by atoms with van der Waals surface area (Å²) in [5, 5.41) is 3.11. The van der Waals surface area contributed by atoms with Crippen LogP contribution in [0.2, 0.25) is 0 Å². The van der Waals surface area contributed by atoms with Crippen molar-refractivity contribution in [3.05, 3.63) is 29.3 Å². The van der Waals surface area contributed by atoms with E-state index in [4.69, 9.17) is 9.47 Å². The zero-order valence-corrected chi connectivity index (χ0v) is 18.0. The van der Waals surface area contributed by atoms with Crippen molar-refractivity contribution in [1.29, 1.82) is 0 Å². The number of nitrogens with zero attached hydrogens (tertiary/aromatic N) is 1. The molecule has 6 heteroatoms. The second kappa shape index (κ2) is 5.58. The third-order valence-corrected chi connectivity index (χ3v) is 7.81. The molecular weight excluding hydrogens is 380 g/mol. The molecule has 1 N–H and O–H groups in total. The molecule has 2 heterocycles. The number of likely N-dealkylation sites (tertiary alicyclic amines) is 1. The minimum atomic E-state index is -0.458. The highest BCUT2D eigenvalue weighted by Crippen LogP contribution is 2.75. The van der Waals surface area contributed by atoms with E-state index in [-0.39, 0.29) is 28.9 Å². The van der Waals surface area contributed by atoms with Crippen LogP contribution in [0.25, 0.3) is 0 Å². The Balaban J connectivity index is 1.04. The lowest BCUT2D eigenvalue weighted by Gasteiger charge is -2.71. The van der Waals surface area contributed by atoms with Crippen molar-refractivity contribution in [2.45, 2.75) is 75.4 Å². The molecule has 6 aliphatic rings. The number of anilines is 1. The fourth-order valence-electron chi connectivity index (χ4n) is 6.32. The van der Waals surface area contributed by atoms with Gasteiger partial charge < -0.3 is 19.7 Å². The number of nitrogens with one attached hydrogen (secondary N) is 1. The molecule has 0 atom stereocenters. The number of amides is 2. The van der Waals surface area contributed by atoms with Crippen LogP contribution in [0.15, 0.2) is 18.2 Å². The lowest BCUT2D eigenvalue weighted by Crippen LogP contribution is -2.67. The Morgan fingerprint density at radius 3 is 2.53 bits per heavy atom. The average molecular weight is 411 g/mol. The van der Waals surface area contributed by atoms with E-state index in [2.05, 4.69) is 23.5 Å². The Hall–Kier alpha value is -2.08. The SMILES string of the molecule is CC(C)(C)OC(=O)N1CC(OCC23CC(c4cccc5c4C4(CC4)C(=O)N5)(C2)C3)C1. The first-order valence-corrected chi connectivity index (χ1v) is 11.2. The summed E-state index contributed by atoms with van der Waals surface area (Å²) in [6.45, 7) is 7.68. The van der Waals surface area contributed by atoms with Gasteiger partial charge in [0.15, 0.2) is 0 Å². The van der Waals surface area contributed by atoms with Crippen LogP contribution in [0.5, 0.6) is 0 Å². The Morgan fingerprint density at radius 1 is 1.20 bits per heavy atom. The quantitative estimate of drug-likeness (QED) is 0.821. The van der Waals surface area contributed by atoms with Crippen molar-refractivity contribution < 1.29 is 19.1 Å². The van der Waals surface area contributed by atoms with E-state index in [1.807, 2.05) is 20.8 Å². The molecule has 0 unspecified atom stereocenters. The highest BCUT2D eigenvalue weighted by Gasteiger charge is 2.70. The van der Waals surface area contributed by atoms with Crippen LogP contribution in [0, 0.1) is 5.41 Å². The minimum absolute atomic E-state index is 0.125. The summed E-state index contributed by atoms with van der Waals surface area (Å²) >= 11 is 0. The van der Waals surface area contributed by atoms with Crippen LogP contribution in [-0.2, 0) is 25.1 Å². The molecule has 4 saturated carbocycles. The molecule has 5 fully saturated rings. The zero-order valence-electron chi connectivity index (χ0n) is 18.0. The largest absolute Gasteiger partial charge is 0.444 e. The molecule has 30 heavy (non-hydrogen) atoms. The van der Waals surface area contributed by atoms with E-state index >= 15 is 0 Å². The monoisotopic (exact) mass is 410 g/mol. The number of rotatable bonds is 4. The Kier molecular flexibility index (Phi) is 3.47. The predicted molar refractivity (Wildman–Crippen MR) is 111 cm³/mol. The van der Waals surface area contributed by atoms with Crippen LogP contribution in [0.4, 0.5) is 10.5 Å². The number of ether oxygens (including phenoxy) is 2. The summed E-state index contributed by atoms with van der Waals surface area (Å²) in [6.07, 6.45) is 5.32. The summed E-state index contributed by atoms with van der Waals surface area (Å²) in [6, 6.07) is 6.41. The van der Waals surface area contributed by atoms with Gasteiger partial charge in [-0.1, -0.05) is 12.1 Å². The molecule has 1 saturated heterocycles. The van der Waals surface area contributed by atoms with Gasteiger partial charge in [-0.15, -0.1) is 0 Å². The normalized spacial score (nSPS) is 32.6. The fraction of sp³-hybridized carbons (Fsp3) is 0.667.